The zero-order chi connectivity index (χ0) is 15.4. The number of nitrogens with one attached hydrogen (secondary N) is 1. The van der Waals surface area contributed by atoms with Gasteiger partial charge in [0.25, 0.3) is 0 Å². The minimum Gasteiger partial charge on any atom is -0.497 e. The molecule has 0 amide bonds. The van der Waals surface area contributed by atoms with Crippen molar-refractivity contribution in [3.63, 3.8) is 0 Å². The Labute approximate surface area is 145 Å². The third-order valence-electron chi connectivity index (χ3n) is 4.55. The van der Waals surface area contributed by atoms with Crippen molar-refractivity contribution in [3.8, 4) is 5.75 Å². The van der Waals surface area contributed by atoms with Gasteiger partial charge in [0, 0.05) is 23.3 Å². The third-order valence-corrected chi connectivity index (χ3v) is 4.55. The van der Waals surface area contributed by atoms with E-state index in [9.17, 15) is 0 Å². The van der Waals surface area contributed by atoms with Crippen LogP contribution in [0.25, 0.3) is 10.9 Å². The predicted octanol–water partition coefficient (Wildman–Crippen LogP) is 5.15. The average molecular weight is 335 g/mol. The van der Waals surface area contributed by atoms with E-state index in [4.69, 9.17) is 9.72 Å². The maximum Gasteiger partial charge on any atom is 0.119 e. The van der Waals surface area contributed by atoms with E-state index in [1.165, 1.54) is 54.4 Å². The second-order valence-corrected chi connectivity index (χ2v) is 6.14. The molecule has 1 aromatic heterocycles. The first kappa shape index (κ1) is 17.9. The SMILES string of the molecule is CCCCCNc1c2c(nc3ccc(OC)cc13)CCCC2.Cl. The molecule has 2 aromatic rings. The standard InChI is InChI=1S/C19H26N2O.ClH/c1-3-4-7-12-20-19-15-8-5-6-9-17(15)21-18-11-10-14(22-2)13-16(18)19;/h10-11,13H,3-9,12H2,1-2H3,(H,20,21);1H. The van der Waals surface area contributed by atoms with Crippen LogP contribution in [-0.4, -0.2) is 18.6 Å². The highest BCUT2D eigenvalue weighted by atomic mass is 35.5. The van der Waals surface area contributed by atoms with Gasteiger partial charge in [-0.25, -0.2) is 0 Å². The van der Waals surface area contributed by atoms with Crippen molar-refractivity contribution >= 4 is 29.0 Å². The Morgan fingerprint density at radius 3 is 2.78 bits per heavy atom. The molecule has 3 rings (SSSR count). The second kappa shape index (κ2) is 8.39. The van der Waals surface area contributed by atoms with E-state index >= 15 is 0 Å². The molecule has 0 saturated heterocycles. The van der Waals surface area contributed by atoms with Crippen molar-refractivity contribution < 1.29 is 4.74 Å². The number of pyridine rings is 1. The van der Waals surface area contributed by atoms with E-state index in [1.54, 1.807) is 7.11 Å². The molecule has 0 bridgehead atoms. The van der Waals surface area contributed by atoms with Gasteiger partial charge in [-0.05, 0) is 55.9 Å². The molecule has 0 fully saturated rings. The lowest BCUT2D eigenvalue weighted by Gasteiger charge is -2.22. The van der Waals surface area contributed by atoms with Gasteiger partial charge in [0.15, 0.2) is 0 Å². The highest BCUT2D eigenvalue weighted by Gasteiger charge is 2.18. The van der Waals surface area contributed by atoms with Gasteiger partial charge < -0.3 is 10.1 Å². The number of aromatic nitrogens is 1. The number of fused-ring (bicyclic) bond motifs is 2. The highest BCUT2D eigenvalue weighted by Crippen LogP contribution is 2.35. The van der Waals surface area contributed by atoms with Crippen LogP contribution in [0.5, 0.6) is 5.75 Å². The quantitative estimate of drug-likeness (QED) is 0.742. The van der Waals surface area contributed by atoms with Gasteiger partial charge in [-0.1, -0.05) is 19.8 Å². The summed E-state index contributed by atoms with van der Waals surface area (Å²) in [5, 5.41) is 4.91. The maximum atomic E-state index is 5.41. The summed E-state index contributed by atoms with van der Waals surface area (Å²) in [5.41, 5.74) is 5.11. The van der Waals surface area contributed by atoms with E-state index in [1.807, 2.05) is 6.07 Å². The van der Waals surface area contributed by atoms with Crippen molar-refractivity contribution in [1.82, 2.24) is 4.98 Å². The summed E-state index contributed by atoms with van der Waals surface area (Å²) in [7, 11) is 1.72. The fourth-order valence-corrected chi connectivity index (χ4v) is 3.32. The van der Waals surface area contributed by atoms with Crippen molar-refractivity contribution in [3.05, 3.63) is 29.5 Å². The summed E-state index contributed by atoms with van der Waals surface area (Å²) in [4.78, 5) is 4.90. The number of hydrogen-bond acceptors (Lipinski definition) is 3. The monoisotopic (exact) mass is 334 g/mol. The van der Waals surface area contributed by atoms with Crippen LogP contribution in [0.3, 0.4) is 0 Å². The number of ether oxygens (including phenoxy) is 1. The number of hydrogen-bond donors (Lipinski definition) is 1. The van der Waals surface area contributed by atoms with Crippen LogP contribution in [0, 0.1) is 0 Å². The number of methoxy groups -OCH3 is 1. The normalized spacial score (nSPS) is 13.3. The van der Waals surface area contributed by atoms with Gasteiger partial charge in [-0.2, -0.15) is 0 Å². The van der Waals surface area contributed by atoms with Crippen molar-refractivity contribution in [1.29, 1.82) is 0 Å². The first-order chi connectivity index (χ1) is 10.8. The summed E-state index contributed by atoms with van der Waals surface area (Å²) in [6.45, 7) is 3.28. The van der Waals surface area contributed by atoms with Crippen LogP contribution in [0.4, 0.5) is 5.69 Å². The van der Waals surface area contributed by atoms with Crippen molar-refractivity contribution in [2.24, 2.45) is 0 Å². The summed E-state index contributed by atoms with van der Waals surface area (Å²) in [5.74, 6) is 0.904. The van der Waals surface area contributed by atoms with Crippen LogP contribution in [0.15, 0.2) is 18.2 Å². The number of nitrogens with zero attached hydrogens (tertiary/aromatic N) is 1. The van der Waals surface area contributed by atoms with E-state index in [-0.39, 0.29) is 12.4 Å². The van der Waals surface area contributed by atoms with E-state index in [2.05, 4.69) is 24.4 Å². The minimum absolute atomic E-state index is 0. The lowest BCUT2D eigenvalue weighted by Crippen LogP contribution is -2.12. The van der Waals surface area contributed by atoms with E-state index in [0.717, 1.165) is 30.7 Å². The molecular formula is C19H27ClN2O. The van der Waals surface area contributed by atoms with Gasteiger partial charge in [0.2, 0.25) is 0 Å². The van der Waals surface area contributed by atoms with Crippen molar-refractivity contribution in [2.75, 3.05) is 19.0 Å². The van der Waals surface area contributed by atoms with Gasteiger partial charge in [0.1, 0.15) is 5.75 Å². The summed E-state index contributed by atoms with van der Waals surface area (Å²) in [6.07, 6.45) is 8.54. The fourth-order valence-electron chi connectivity index (χ4n) is 3.32. The summed E-state index contributed by atoms with van der Waals surface area (Å²) >= 11 is 0. The minimum atomic E-state index is 0. The smallest absolute Gasteiger partial charge is 0.119 e. The van der Waals surface area contributed by atoms with E-state index in [0.29, 0.717) is 0 Å². The van der Waals surface area contributed by atoms with Crippen molar-refractivity contribution in [2.45, 2.75) is 51.9 Å². The Morgan fingerprint density at radius 2 is 2.00 bits per heavy atom. The largest absolute Gasteiger partial charge is 0.497 e. The van der Waals surface area contributed by atoms with Gasteiger partial charge in [-0.3, -0.25) is 4.98 Å². The first-order valence-electron chi connectivity index (χ1n) is 8.57. The van der Waals surface area contributed by atoms with Crippen LogP contribution in [-0.2, 0) is 12.8 Å². The molecule has 0 unspecified atom stereocenters. The predicted molar refractivity (Wildman–Crippen MR) is 100 cm³/mol. The fraction of sp³-hybridized carbons (Fsp3) is 0.526. The number of aryl methyl sites for hydroxylation is 1. The molecule has 1 N–H and O–H groups in total. The maximum absolute atomic E-state index is 5.41. The van der Waals surface area contributed by atoms with Gasteiger partial charge >= 0.3 is 0 Å². The molecule has 0 saturated carbocycles. The highest BCUT2D eigenvalue weighted by molar-refractivity contribution is 5.94. The lowest BCUT2D eigenvalue weighted by molar-refractivity contribution is 0.415. The molecule has 1 heterocycles. The summed E-state index contributed by atoms with van der Waals surface area (Å²) < 4.78 is 5.41. The zero-order valence-electron chi connectivity index (χ0n) is 14.2. The van der Waals surface area contributed by atoms with E-state index < -0.39 is 0 Å². The molecule has 1 aromatic carbocycles. The number of anilines is 1. The molecule has 0 radical (unpaired) electrons. The number of rotatable bonds is 6. The number of benzene rings is 1. The zero-order valence-corrected chi connectivity index (χ0v) is 15.0. The third kappa shape index (κ3) is 3.89. The topological polar surface area (TPSA) is 34.2 Å². The number of halogens is 1. The first-order valence-corrected chi connectivity index (χ1v) is 8.57. The number of unbranched alkanes of at least 4 members (excludes halogenated alkanes) is 2. The Balaban J connectivity index is 0.00000192. The molecule has 126 valence electrons. The Kier molecular flexibility index (Phi) is 6.52. The van der Waals surface area contributed by atoms with Crippen LogP contribution >= 0.6 is 12.4 Å². The Hall–Kier alpha value is -1.48. The van der Waals surface area contributed by atoms with Gasteiger partial charge in [0.05, 0.1) is 12.6 Å². The lowest BCUT2D eigenvalue weighted by atomic mass is 9.92. The van der Waals surface area contributed by atoms with Crippen LogP contribution in [0.2, 0.25) is 0 Å². The molecular weight excluding hydrogens is 308 g/mol. The molecule has 1 aliphatic carbocycles. The molecule has 3 nitrogen and oxygen atoms in total. The molecule has 0 aliphatic heterocycles. The molecule has 0 atom stereocenters. The second-order valence-electron chi connectivity index (χ2n) is 6.14. The molecule has 0 spiro atoms. The van der Waals surface area contributed by atoms with Crippen LogP contribution in [0.1, 0.15) is 50.3 Å². The Bertz CT molecular complexity index is 657. The molecule has 4 heteroatoms. The summed E-state index contributed by atoms with van der Waals surface area (Å²) in [6, 6.07) is 6.21. The van der Waals surface area contributed by atoms with Crippen LogP contribution < -0.4 is 10.1 Å². The Morgan fingerprint density at radius 1 is 1.17 bits per heavy atom. The molecule has 1 aliphatic rings. The average Bonchev–Trinajstić information content (AvgIpc) is 2.57. The molecule has 23 heavy (non-hydrogen) atoms. The van der Waals surface area contributed by atoms with Gasteiger partial charge in [-0.15, -0.1) is 12.4 Å².